The number of carbonyl (C=O) groups is 2. The first kappa shape index (κ1) is 21.5. The molecule has 0 saturated carbocycles. The van der Waals surface area contributed by atoms with Crippen molar-refractivity contribution in [2.24, 2.45) is 5.92 Å². The molecule has 2 saturated heterocycles. The smallest absolute Gasteiger partial charge is 0.319 e. The van der Waals surface area contributed by atoms with Crippen molar-refractivity contribution in [2.75, 3.05) is 31.5 Å². The molecule has 0 radical (unpaired) electrons. The van der Waals surface area contributed by atoms with Gasteiger partial charge in [0.1, 0.15) is 0 Å². The number of aliphatic hydroxyl groups is 1. The van der Waals surface area contributed by atoms with E-state index in [2.05, 4.69) is 16.0 Å². The van der Waals surface area contributed by atoms with E-state index in [9.17, 15) is 14.7 Å². The van der Waals surface area contributed by atoms with Crippen LogP contribution < -0.4 is 16.0 Å². The Morgan fingerprint density at radius 2 is 2.04 bits per heavy atom. The van der Waals surface area contributed by atoms with Crippen LogP contribution in [0.1, 0.15) is 24.8 Å². The summed E-state index contributed by atoms with van der Waals surface area (Å²) < 4.78 is 0. The van der Waals surface area contributed by atoms with Gasteiger partial charge in [-0.25, -0.2) is 4.79 Å². The first-order chi connectivity index (χ1) is 12.5. The molecule has 2 heterocycles. The summed E-state index contributed by atoms with van der Waals surface area (Å²) in [6, 6.07) is 7.15. The lowest BCUT2D eigenvalue weighted by molar-refractivity contribution is -0.135. The van der Waals surface area contributed by atoms with Crippen LogP contribution >= 0.6 is 12.4 Å². The Morgan fingerprint density at radius 1 is 1.30 bits per heavy atom. The average Bonchev–Trinajstić information content (AvgIpc) is 3.08. The summed E-state index contributed by atoms with van der Waals surface area (Å²) in [4.78, 5) is 26.5. The van der Waals surface area contributed by atoms with Gasteiger partial charge in [-0.05, 0) is 44.2 Å². The molecule has 7 nitrogen and oxygen atoms in total. The number of hydrogen-bond acceptors (Lipinski definition) is 4. The van der Waals surface area contributed by atoms with Crippen LogP contribution in [0.3, 0.4) is 0 Å². The molecule has 1 aromatic rings. The van der Waals surface area contributed by atoms with Crippen LogP contribution in [0.15, 0.2) is 24.3 Å². The number of rotatable bonds is 4. The summed E-state index contributed by atoms with van der Waals surface area (Å²) in [5, 5.41) is 18.4. The molecule has 3 rings (SSSR count). The minimum absolute atomic E-state index is 0. The van der Waals surface area contributed by atoms with Crippen molar-refractivity contribution < 1.29 is 14.7 Å². The molecule has 8 heteroatoms. The van der Waals surface area contributed by atoms with E-state index in [-0.39, 0.29) is 36.3 Å². The quantitative estimate of drug-likeness (QED) is 0.620. The van der Waals surface area contributed by atoms with Crippen LogP contribution in [0, 0.1) is 12.8 Å². The first-order valence-electron chi connectivity index (χ1n) is 9.33. The number of halogens is 1. The van der Waals surface area contributed by atoms with Crippen molar-refractivity contribution in [3.63, 3.8) is 0 Å². The first-order valence-corrected chi connectivity index (χ1v) is 9.33. The molecular weight excluding hydrogens is 368 g/mol. The number of aliphatic hydroxyl groups excluding tert-OH is 1. The number of hydrogen-bond donors (Lipinski definition) is 4. The van der Waals surface area contributed by atoms with Crippen molar-refractivity contribution in [1.82, 2.24) is 15.5 Å². The Labute approximate surface area is 166 Å². The molecule has 2 aliphatic rings. The largest absolute Gasteiger partial charge is 0.392 e. The predicted molar refractivity (Wildman–Crippen MR) is 107 cm³/mol. The zero-order valence-corrected chi connectivity index (χ0v) is 16.4. The Balaban J connectivity index is 0.00000261. The summed E-state index contributed by atoms with van der Waals surface area (Å²) >= 11 is 0. The number of carbonyl (C=O) groups excluding carboxylic acids is 2. The van der Waals surface area contributed by atoms with Crippen LogP contribution in [0.2, 0.25) is 0 Å². The SMILES string of the molecule is Cc1ccc(NC(=O)NCC2CCCN(C(=O)C3CC(O)CN3)C2)cc1.Cl. The number of likely N-dealkylation sites (tertiary alicyclic amines) is 1. The van der Waals surface area contributed by atoms with Gasteiger partial charge in [-0.1, -0.05) is 17.7 Å². The van der Waals surface area contributed by atoms with Crippen molar-refractivity contribution in [3.8, 4) is 0 Å². The second kappa shape index (κ2) is 9.92. The zero-order chi connectivity index (χ0) is 18.5. The fraction of sp³-hybridized carbons (Fsp3) is 0.579. The number of anilines is 1. The highest BCUT2D eigenvalue weighted by molar-refractivity contribution is 5.89. The molecule has 2 fully saturated rings. The topological polar surface area (TPSA) is 93.7 Å². The van der Waals surface area contributed by atoms with E-state index in [0.29, 0.717) is 26.1 Å². The average molecular weight is 397 g/mol. The fourth-order valence-corrected chi connectivity index (χ4v) is 3.61. The van der Waals surface area contributed by atoms with E-state index >= 15 is 0 Å². The minimum atomic E-state index is -0.434. The lowest BCUT2D eigenvalue weighted by atomic mass is 9.97. The number of urea groups is 1. The molecule has 0 bridgehead atoms. The van der Waals surface area contributed by atoms with Crippen LogP contribution in [0.25, 0.3) is 0 Å². The van der Waals surface area contributed by atoms with Gasteiger partial charge in [0.15, 0.2) is 0 Å². The molecule has 1 aromatic carbocycles. The van der Waals surface area contributed by atoms with Crippen molar-refractivity contribution in [2.45, 2.75) is 38.3 Å². The summed E-state index contributed by atoms with van der Waals surface area (Å²) in [6.07, 6.45) is 1.98. The van der Waals surface area contributed by atoms with Gasteiger partial charge in [0, 0.05) is 31.9 Å². The highest BCUT2D eigenvalue weighted by atomic mass is 35.5. The van der Waals surface area contributed by atoms with Crippen molar-refractivity contribution in [3.05, 3.63) is 29.8 Å². The molecule has 0 aromatic heterocycles. The van der Waals surface area contributed by atoms with E-state index in [1.54, 1.807) is 0 Å². The maximum absolute atomic E-state index is 12.6. The van der Waals surface area contributed by atoms with Gasteiger partial charge in [-0.3, -0.25) is 4.79 Å². The van der Waals surface area contributed by atoms with Gasteiger partial charge >= 0.3 is 6.03 Å². The Morgan fingerprint density at radius 3 is 2.70 bits per heavy atom. The lowest BCUT2D eigenvalue weighted by Gasteiger charge is -2.34. The molecule has 27 heavy (non-hydrogen) atoms. The third kappa shape index (κ3) is 6.09. The van der Waals surface area contributed by atoms with E-state index < -0.39 is 6.10 Å². The normalized spacial score (nSPS) is 24.8. The molecule has 0 aliphatic carbocycles. The Hall–Kier alpha value is -1.83. The molecule has 4 N–H and O–H groups in total. The summed E-state index contributed by atoms with van der Waals surface area (Å²) in [6.45, 7) is 4.43. The third-order valence-electron chi connectivity index (χ3n) is 5.10. The van der Waals surface area contributed by atoms with Gasteiger partial charge in [0.2, 0.25) is 5.91 Å². The number of amides is 3. The minimum Gasteiger partial charge on any atom is -0.392 e. The third-order valence-corrected chi connectivity index (χ3v) is 5.10. The molecule has 150 valence electrons. The van der Waals surface area contributed by atoms with Crippen molar-refractivity contribution in [1.29, 1.82) is 0 Å². The van der Waals surface area contributed by atoms with Gasteiger partial charge in [0.05, 0.1) is 12.1 Å². The van der Waals surface area contributed by atoms with Gasteiger partial charge in [-0.2, -0.15) is 0 Å². The molecule has 0 spiro atoms. The standard InChI is InChI=1S/C19H28N4O3.ClH/c1-13-4-6-15(7-5-13)22-19(26)21-10-14-3-2-8-23(12-14)18(25)17-9-16(24)11-20-17;/h4-7,14,16-17,20,24H,2-3,8-12H2,1H3,(H2,21,22,26);1H. The van der Waals surface area contributed by atoms with Crippen molar-refractivity contribution >= 4 is 30.0 Å². The number of piperidine rings is 1. The van der Waals surface area contributed by atoms with Crippen LogP contribution in [0.5, 0.6) is 0 Å². The van der Waals surface area contributed by atoms with Crippen LogP contribution in [-0.4, -0.2) is 60.3 Å². The molecule has 2 aliphatic heterocycles. The molecule has 3 amide bonds. The number of benzene rings is 1. The second-order valence-corrected chi connectivity index (χ2v) is 7.34. The second-order valence-electron chi connectivity index (χ2n) is 7.34. The summed E-state index contributed by atoms with van der Waals surface area (Å²) in [7, 11) is 0. The lowest BCUT2D eigenvalue weighted by Crippen LogP contribution is -2.49. The summed E-state index contributed by atoms with van der Waals surface area (Å²) in [5.74, 6) is 0.318. The molecule has 3 atom stereocenters. The molecule has 3 unspecified atom stereocenters. The zero-order valence-electron chi connectivity index (χ0n) is 15.6. The van der Waals surface area contributed by atoms with Crippen LogP contribution in [-0.2, 0) is 4.79 Å². The van der Waals surface area contributed by atoms with E-state index in [4.69, 9.17) is 0 Å². The highest BCUT2D eigenvalue weighted by Crippen LogP contribution is 2.19. The van der Waals surface area contributed by atoms with E-state index in [1.165, 1.54) is 0 Å². The number of nitrogens with one attached hydrogen (secondary N) is 3. The van der Waals surface area contributed by atoms with E-state index in [1.807, 2.05) is 36.1 Å². The number of β-amino-alcohol motifs (C(OH)–C–C–N with tert-alkyl or cyclic N) is 1. The van der Waals surface area contributed by atoms with Crippen LogP contribution in [0.4, 0.5) is 10.5 Å². The summed E-state index contributed by atoms with van der Waals surface area (Å²) in [5.41, 5.74) is 1.91. The maximum Gasteiger partial charge on any atom is 0.319 e. The monoisotopic (exact) mass is 396 g/mol. The number of nitrogens with zero attached hydrogens (tertiary/aromatic N) is 1. The Bertz CT molecular complexity index is 640. The highest BCUT2D eigenvalue weighted by Gasteiger charge is 2.33. The molecular formula is C19H29ClN4O3. The predicted octanol–water partition coefficient (Wildman–Crippen LogP) is 1.50. The van der Waals surface area contributed by atoms with E-state index in [0.717, 1.165) is 30.6 Å². The number of aryl methyl sites for hydroxylation is 1. The van der Waals surface area contributed by atoms with Gasteiger partial charge < -0.3 is 26.0 Å². The van der Waals surface area contributed by atoms with Gasteiger partial charge in [0.25, 0.3) is 0 Å². The fourth-order valence-electron chi connectivity index (χ4n) is 3.61. The van der Waals surface area contributed by atoms with Gasteiger partial charge in [-0.15, -0.1) is 12.4 Å². The maximum atomic E-state index is 12.6. The Kier molecular flexibility index (Phi) is 7.89.